The maximum absolute atomic E-state index is 13.0. The number of aromatic nitrogens is 1. The number of halogens is 1. The van der Waals surface area contributed by atoms with Gasteiger partial charge in [0.15, 0.2) is 5.13 Å². The van der Waals surface area contributed by atoms with Crippen molar-refractivity contribution in [3.63, 3.8) is 0 Å². The molecule has 0 aliphatic carbocycles. The lowest BCUT2D eigenvalue weighted by atomic mass is 10.1. The van der Waals surface area contributed by atoms with Crippen LogP contribution < -0.4 is 11.1 Å². The maximum Gasteiger partial charge on any atom is 0.257 e. The minimum absolute atomic E-state index is 0.315. The molecule has 0 saturated carbocycles. The Bertz CT molecular complexity index is 934. The third kappa shape index (κ3) is 3.72. The van der Waals surface area contributed by atoms with Gasteiger partial charge in [-0.3, -0.25) is 14.9 Å². The zero-order valence-electron chi connectivity index (χ0n) is 13.2. The first-order chi connectivity index (χ1) is 11.9. The Morgan fingerprint density at radius 2 is 1.64 bits per heavy atom. The molecule has 3 N–H and O–H groups in total. The summed E-state index contributed by atoms with van der Waals surface area (Å²) < 4.78 is 13.0. The smallest absolute Gasteiger partial charge is 0.257 e. The zero-order chi connectivity index (χ0) is 18.0. The second kappa shape index (κ2) is 6.82. The standard InChI is InChI=1S/C18H14FN3O2S/c1-10-15(11-6-8-14(19)9-7-11)21-18(25-10)22-17(24)13-4-2-12(3-5-13)16(20)23/h2-9H,1H3,(H2,20,23)(H,21,22,24). The van der Waals surface area contributed by atoms with Crippen molar-refractivity contribution in [3.05, 3.63) is 70.4 Å². The number of amides is 2. The average Bonchev–Trinajstić information content (AvgIpc) is 2.96. The van der Waals surface area contributed by atoms with Crippen LogP contribution in [0.2, 0.25) is 0 Å². The van der Waals surface area contributed by atoms with Gasteiger partial charge in [0.05, 0.1) is 5.69 Å². The molecule has 0 spiro atoms. The fourth-order valence-electron chi connectivity index (χ4n) is 2.28. The van der Waals surface area contributed by atoms with Crippen LogP contribution in [0.5, 0.6) is 0 Å². The van der Waals surface area contributed by atoms with E-state index < -0.39 is 5.91 Å². The molecule has 2 aromatic carbocycles. The highest BCUT2D eigenvalue weighted by molar-refractivity contribution is 7.16. The Hall–Kier alpha value is -3.06. The summed E-state index contributed by atoms with van der Waals surface area (Å²) in [4.78, 5) is 28.7. The first-order valence-electron chi connectivity index (χ1n) is 7.38. The van der Waals surface area contributed by atoms with Crippen molar-refractivity contribution in [3.8, 4) is 11.3 Å². The van der Waals surface area contributed by atoms with Crippen LogP contribution >= 0.6 is 11.3 Å². The number of aryl methyl sites for hydroxylation is 1. The number of anilines is 1. The van der Waals surface area contributed by atoms with Crippen LogP contribution in [0.3, 0.4) is 0 Å². The van der Waals surface area contributed by atoms with E-state index in [1.165, 1.54) is 47.7 Å². The Labute approximate surface area is 147 Å². The molecule has 126 valence electrons. The van der Waals surface area contributed by atoms with Gasteiger partial charge in [0, 0.05) is 21.6 Å². The number of carbonyl (C=O) groups excluding carboxylic acids is 2. The number of nitrogens with one attached hydrogen (secondary N) is 1. The molecule has 0 saturated heterocycles. The number of nitrogens with two attached hydrogens (primary N) is 1. The Morgan fingerprint density at radius 3 is 2.24 bits per heavy atom. The molecular weight excluding hydrogens is 341 g/mol. The molecule has 0 bridgehead atoms. The van der Waals surface area contributed by atoms with Gasteiger partial charge in [0.1, 0.15) is 5.82 Å². The molecule has 0 radical (unpaired) electrons. The molecule has 0 unspecified atom stereocenters. The van der Waals surface area contributed by atoms with E-state index in [4.69, 9.17) is 5.73 Å². The van der Waals surface area contributed by atoms with E-state index in [1.807, 2.05) is 6.92 Å². The molecule has 7 heteroatoms. The fraction of sp³-hybridized carbons (Fsp3) is 0.0556. The second-order valence-corrected chi connectivity index (χ2v) is 6.53. The van der Waals surface area contributed by atoms with Crippen molar-refractivity contribution in [2.45, 2.75) is 6.92 Å². The summed E-state index contributed by atoms with van der Waals surface area (Å²) >= 11 is 1.33. The highest BCUT2D eigenvalue weighted by Crippen LogP contribution is 2.30. The van der Waals surface area contributed by atoms with Gasteiger partial charge in [-0.15, -0.1) is 11.3 Å². The van der Waals surface area contributed by atoms with Crippen LogP contribution in [0, 0.1) is 12.7 Å². The third-order valence-electron chi connectivity index (χ3n) is 3.57. The fourth-order valence-corrected chi connectivity index (χ4v) is 3.11. The van der Waals surface area contributed by atoms with Gasteiger partial charge in [-0.1, -0.05) is 0 Å². The van der Waals surface area contributed by atoms with E-state index in [2.05, 4.69) is 10.3 Å². The average molecular weight is 355 g/mol. The minimum Gasteiger partial charge on any atom is -0.366 e. The molecule has 5 nitrogen and oxygen atoms in total. The normalized spacial score (nSPS) is 10.5. The summed E-state index contributed by atoms with van der Waals surface area (Å²) in [6.07, 6.45) is 0. The molecular formula is C18H14FN3O2S. The van der Waals surface area contributed by atoms with Crippen molar-refractivity contribution in [1.82, 2.24) is 4.98 Å². The van der Waals surface area contributed by atoms with Crippen molar-refractivity contribution in [2.24, 2.45) is 5.73 Å². The third-order valence-corrected chi connectivity index (χ3v) is 4.45. The number of hydrogen-bond acceptors (Lipinski definition) is 4. The van der Waals surface area contributed by atoms with E-state index in [9.17, 15) is 14.0 Å². The molecule has 0 aliphatic heterocycles. The minimum atomic E-state index is -0.550. The van der Waals surface area contributed by atoms with E-state index in [0.717, 1.165) is 10.4 Å². The molecule has 1 aromatic heterocycles. The van der Waals surface area contributed by atoms with Crippen LogP contribution in [-0.4, -0.2) is 16.8 Å². The lowest BCUT2D eigenvalue weighted by Gasteiger charge is -2.02. The van der Waals surface area contributed by atoms with Crippen molar-refractivity contribution >= 4 is 28.3 Å². The number of thiazole rings is 1. The largest absolute Gasteiger partial charge is 0.366 e. The van der Waals surface area contributed by atoms with E-state index in [1.54, 1.807) is 12.1 Å². The predicted octanol–water partition coefficient (Wildman–Crippen LogP) is 3.61. The lowest BCUT2D eigenvalue weighted by molar-refractivity contribution is 0.0995. The van der Waals surface area contributed by atoms with Crippen molar-refractivity contribution < 1.29 is 14.0 Å². The number of carbonyl (C=O) groups is 2. The molecule has 3 aromatic rings. The Morgan fingerprint density at radius 1 is 1.04 bits per heavy atom. The summed E-state index contributed by atoms with van der Waals surface area (Å²) in [6.45, 7) is 1.88. The highest BCUT2D eigenvalue weighted by atomic mass is 32.1. The maximum atomic E-state index is 13.0. The van der Waals surface area contributed by atoms with Gasteiger partial charge < -0.3 is 5.73 Å². The summed E-state index contributed by atoms with van der Waals surface area (Å²) in [5.74, 6) is -1.20. The van der Waals surface area contributed by atoms with E-state index >= 15 is 0 Å². The summed E-state index contributed by atoms with van der Waals surface area (Å²) in [5.41, 5.74) is 7.38. The lowest BCUT2D eigenvalue weighted by Crippen LogP contribution is -2.14. The topological polar surface area (TPSA) is 85.1 Å². The summed E-state index contributed by atoms with van der Waals surface area (Å²) in [6, 6.07) is 12.1. The van der Waals surface area contributed by atoms with Crippen LogP contribution in [0.15, 0.2) is 48.5 Å². The van der Waals surface area contributed by atoms with Crippen molar-refractivity contribution in [1.29, 1.82) is 0 Å². The van der Waals surface area contributed by atoms with Crippen LogP contribution in [-0.2, 0) is 0 Å². The van der Waals surface area contributed by atoms with Gasteiger partial charge in [-0.2, -0.15) is 0 Å². The Balaban J connectivity index is 1.79. The van der Waals surface area contributed by atoms with E-state index in [0.29, 0.717) is 22.0 Å². The quantitative estimate of drug-likeness (QED) is 0.750. The monoisotopic (exact) mass is 355 g/mol. The van der Waals surface area contributed by atoms with Gasteiger partial charge in [0.2, 0.25) is 5.91 Å². The number of benzene rings is 2. The predicted molar refractivity (Wildman–Crippen MR) is 95.2 cm³/mol. The van der Waals surface area contributed by atoms with Crippen LogP contribution in [0.25, 0.3) is 11.3 Å². The molecule has 2 amide bonds. The molecule has 0 aliphatic rings. The number of rotatable bonds is 4. The molecule has 25 heavy (non-hydrogen) atoms. The number of nitrogens with zero attached hydrogens (tertiary/aromatic N) is 1. The number of primary amides is 1. The Kier molecular flexibility index (Phi) is 4.58. The first-order valence-corrected chi connectivity index (χ1v) is 8.20. The van der Waals surface area contributed by atoms with Gasteiger partial charge >= 0.3 is 0 Å². The molecule has 3 rings (SSSR count). The summed E-state index contributed by atoms with van der Waals surface area (Å²) in [5, 5.41) is 3.17. The van der Waals surface area contributed by atoms with Crippen LogP contribution in [0.1, 0.15) is 25.6 Å². The summed E-state index contributed by atoms with van der Waals surface area (Å²) in [7, 11) is 0. The molecule has 0 fully saturated rings. The van der Waals surface area contributed by atoms with E-state index in [-0.39, 0.29) is 11.7 Å². The van der Waals surface area contributed by atoms with Gasteiger partial charge in [-0.25, -0.2) is 9.37 Å². The molecule has 1 heterocycles. The van der Waals surface area contributed by atoms with Crippen LogP contribution in [0.4, 0.5) is 9.52 Å². The number of hydrogen-bond donors (Lipinski definition) is 2. The second-order valence-electron chi connectivity index (χ2n) is 5.33. The SMILES string of the molecule is Cc1sc(NC(=O)c2ccc(C(N)=O)cc2)nc1-c1ccc(F)cc1. The highest BCUT2D eigenvalue weighted by Gasteiger charge is 2.13. The zero-order valence-corrected chi connectivity index (χ0v) is 14.1. The van der Waals surface area contributed by atoms with Crippen molar-refractivity contribution in [2.75, 3.05) is 5.32 Å². The molecule has 0 atom stereocenters. The van der Waals surface area contributed by atoms with Gasteiger partial charge in [-0.05, 0) is 55.5 Å². The first kappa shape index (κ1) is 16.8. The van der Waals surface area contributed by atoms with Gasteiger partial charge in [0.25, 0.3) is 5.91 Å².